The first kappa shape index (κ1) is 9.02. The Hall–Kier alpha value is -1.55. The van der Waals surface area contributed by atoms with E-state index in [1.165, 1.54) is 5.56 Å². The largest absolute Gasteiger partial charge is 0.348 e. The summed E-state index contributed by atoms with van der Waals surface area (Å²) in [5.41, 5.74) is 3.82. The number of rotatable bonds is 1. The molecule has 0 bridgehead atoms. The predicted octanol–water partition coefficient (Wildman–Crippen LogP) is 0.540. The third-order valence-electron chi connectivity index (χ3n) is 2.34. The number of hydrogen-bond donors (Lipinski definition) is 3. The molecule has 4 N–H and O–H groups in total. The molecule has 0 radical (unpaired) electrons. The molecule has 74 valence electrons. The van der Waals surface area contributed by atoms with Gasteiger partial charge in [-0.2, -0.15) is 0 Å². The van der Waals surface area contributed by atoms with Crippen LogP contribution in [0.1, 0.15) is 18.0 Å². The molecule has 0 fully saturated rings. The maximum atomic E-state index is 5.30. The highest BCUT2D eigenvalue weighted by atomic mass is 15.3. The van der Waals surface area contributed by atoms with Gasteiger partial charge in [-0.15, -0.1) is 0 Å². The summed E-state index contributed by atoms with van der Waals surface area (Å²) in [7, 11) is 0. The fourth-order valence-corrected chi connectivity index (χ4v) is 1.61. The third kappa shape index (κ3) is 1.85. The molecular weight excluding hydrogens is 176 g/mol. The number of hydrogen-bond acceptors (Lipinski definition) is 4. The van der Waals surface area contributed by atoms with Crippen molar-refractivity contribution in [2.45, 2.75) is 12.5 Å². The Morgan fingerprint density at radius 1 is 1.36 bits per heavy atom. The van der Waals surface area contributed by atoms with Gasteiger partial charge in [0.2, 0.25) is 5.96 Å². The summed E-state index contributed by atoms with van der Waals surface area (Å²) in [6.07, 6.45) is 1.01. The molecule has 1 aromatic carbocycles. The van der Waals surface area contributed by atoms with Crippen LogP contribution in [-0.4, -0.2) is 12.5 Å². The molecule has 0 spiro atoms. The van der Waals surface area contributed by atoms with E-state index in [4.69, 9.17) is 5.84 Å². The number of nitrogens with one attached hydrogen (secondary N) is 2. The van der Waals surface area contributed by atoms with E-state index in [0.717, 1.165) is 13.0 Å². The highest BCUT2D eigenvalue weighted by Crippen LogP contribution is 2.18. The Morgan fingerprint density at radius 3 is 2.86 bits per heavy atom. The van der Waals surface area contributed by atoms with Crippen LogP contribution in [-0.2, 0) is 0 Å². The second-order valence-corrected chi connectivity index (χ2v) is 3.27. The summed E-state index contributed by atoms with van der Waals surface area (Å²) in [5.74, 6) is 5.97. The molecular formula is C10H14N4. The molecule has 2 rings (SSSR count). The quantitative estimate of drug-likeness (QED) is 0.447. The lowest BCUT2D eigenvalue weighted by atomic mass is 10.0. The van der Waals surface area contributed by atoms with E-state index in [1.807, 2.05) is 18.2 Å². The molecule has 4 heteroatoms. The number of benzene rings is 1. The average molecular weight is 190 g/mol. The molecule has 1 heterocycles. The van der Waals surface area contributed by atoms with Gasteiger partial charge in [0.15, 0.2) is 0 Å². The smallest absolute Gasteiger partial charge is 0.206 e. The summed E-state index contributed by atoms with van der Waals surface area (Å²) in [5, 5.41) is 3.23. The zero-order chi connectivity index (χ0) is 9.80. The lowest BCUT2D eigenvalue weighted by Crippen LogP contribution is -2.45. The first-order valence-corrected chi connectivity index (χ1v) is 4.72. The Labute approximate surface area is 83.2 Å². The van der Waals surface area contributed by atoms with Gasteiger partial charge >= 0.3 is 0 Å². The molecule has 1 aliphatic rings. The molecule has 1 unspecified atom stereocenters. The standard InChI is InChI=1S/C10H14N4/c11-14-10-12-7-6-9(13-10)8-4-2-1-3-5-8/h1-5,9H,6-7,11H2,(H2,12,13,14). The van der Waals surface area contributed by atoms with Crippen LogP contribution in [0.5, 0.6) is 0 Å². The second kappa shape index (κ2) is 4.11. The predicted molar refractivity (Wildman–Crippen MR) is 56.6 cm³/mol. The van der Waals surface area contributed by atoms with E-state index in [-0.39, 0.29) is 0 Å². The van der Waals surface area contributed by atoms with Crippen molar-refractivity contribution in [3.63, 3.8) is 0 Å². The molecule has 0 saturated carbocycles. The van der Waals surface area contributed by atoms with Crippen molar-refractivity contribution < 1.29 is 0 Å². The SMILES string of the molecule is NNC1=NCCC(c2ccccc2)N1. The number of nitrogens with two attached hydrogens (primary N) is 1. The molecule has 0 amide bonds. The molecule has 0 saturated heterocycles. The fourth-order valence-electron chi connectivity index (χ4n) is 1.61. The van der Waals surface area contributed by atoms with E-state index in [1.54, 1.807) is 0 Å². The Balaban J connectivity index is 2.11. The van der Waals surface area contributed by atoms with E-state index < -0.39 is 0 Å². The van der Waals surface area contributed by atoms with Gasteiger partial charge in [-0.1, -0.05) is 30.3 Å². The van der Waals surface area contributed by atoms with Gasteiger partial charge < -0.3 is 5.32 Å². The van der Waals surface area contributed by atoms with Crippen molar-refractivity contribution in [3.05, 3.63) is 35.9 Å². The van der Waals surface area contributed by atoms with Gasteiger partial charge in [0.25, 0.3) is 0 Å². The molecule has 4 nitrogen and oxygen atoms in total. The lowest BCUT2D eigenvalue weighted by molar-refractivity contribution is 0.557. The fraction of sp³-hybridized carbons (Fsp3) is 0.300. The van der Waals surface area contributed by atoms with Crippen molar-refractivity contribution in [1.29, 1.82) is 0 Å². The topological polar surface area (TPSA) is 62.4 Å². The molecule has 1 aliphatic heterocycles. The van der Waals surface area contributed by atoms with Crippen LogP contribution < -0.4 is 16.6 Å². The van der Waals surface area contributed by atoms with Gasteiger partial charge in [-0.05, 0) is 12.0 Å². The van der Waals surface area contributed by atoms with Crippen LogP contribution in [0.4, 0.5) is 0 Å². The van der Waals surface area contributed by atoms with Crippen LogP contribution in [0.15, 0.2) is 35.3 Å². The average Bonchev–Trinajstić information content (AvgIpc) is 2.30. The summed E-state index contributed by atoms with van der Waals surface area (Å²) in [6.45, 7) is 0.812. The zero-order valence-electron chi connectivity index (χ0n) is 7.90. The van der Waals surface area contributed by atoms with Crippen molar-refractivity contribution in [2.75, 3.05) is 6.54 Å². The van der Waals surface area contributed by atoms with E-state index >= 15 is 0 Å². The van der Waals surface area contributed by atoms with E-state index in [0.29, 0.717) is 12.0 Å². The summed E-state index contributed by atoms with van der Waals surface area (Å²) in [6, 6.07) is 10.6. The normalized spacial score (nSPS) is 20.9. The monoisotopic (exact) mass is 190 g/mol. The highest BCUT2D eigenvalue weighted by molar-refractivity contribution is 5.80. The second-order valence-electron chi connectivity index (χ2n) is 3.27. The molecule has 14 heavy (non-hydrogen) atoms. The molecule has 1 aromatic rings. The van der Waals surface area contributed by atoms with Crippen LogP contribution in [0.3, 0.4) is 0 Å². The van der Waals surface area contributed by atoms with Crippen LogP contribution in [0.25, 0.3) is 0 Å². The van der Waals surface area contributed by atoms with Crippen molar-refractivity contribution in [2.24, 2.45) is 10.8 Å². The van der Waals surface area contributed by atoms with Crippen LogP contribution in [0.2, 0.25) is 0 Å². The minimum absolute atomic E-state index is 0.319. The zero-order valence-corrected chi connectivity index (χ0v) is 7.90. The maximum absolute atomic E-state index is 5.30. The molecule has 0 aliphatic carbocycles. The van der Waals surface area contributed by atoms with E-state index in [2.05, 4.69) is 27.9 Å². The third-order valence-corrected chi connectivity index (χ3v) is 2.34. The van der Waals surface area contributed by atoms with Crippen molar-refractivity contribution in [1.82, 2.24) is 10.7 Å². The summed E-state index contributed by atoms with van der Waals surface area (Å²) < 4.78 is 0. The first-order chi connectivity index (χ1) is 6.90. The van der Waals surface area contributed by atoms with Gasteiger partial charge in [0.05, 0.1) is 6.04 Å². The number of guanidine groups is 1. The summed E-state index contributed by atoms with van der Waals surface area (Å²) in [4.78, 5) is 4.19. The highest BCUT2D eigenvalue weighted by Gasteiger charge is 2.15. The van der Waals surface area contributed by atoms with Crippen LogP contribution >= 0.6 is 0 Å². The molecule has 1 atom stereocenters. The minimum Gasteiger partial charge on any atom is -0.348 e. The number of hydrazine groups is 1. The van der Waals surface area contributed by atoms with Crippen molar-refractivity contribution in [3.8, 4) is 0 Å². The Morgan fingerprint density at radius 2 is 2.14 bits per heavy atom. The van der Waals surface area contributed by atoms with Gasteiger partial charge in [0, 0.05) is 6.54 Å². The maximum Gasteiger partial charge on any atom is 0.206 e. The minimum atomic E-state index is 0.319. The Kier molecular flexibility index (Phi) is 2.65. The van der Waals surface area contributed by atoms with Crippen LogP contribution in [0, 0.1) is 0 Å². The van der Waals surface area contributed by atoms with Gasteiger partial charge in [0.1, 0.15) is 0 Å². The van der Waals surface area contributed by atoms with Gasteiger partial charge in [-0.25, -0.2) is 5.84 Å². The summed E-state index contributed by atoms with van der Waals surface area (Å²) >= 11 is 0. The van der Waals surface area contributed by atoms with E-state index in [9.17, 15) is 0 Å². The van der Waals surface area contributed by atoms with Gasteiger partial charge in [-0.3, -0.25) is 10.4 Å². The first-order valence-electron chi connectivity index (χ1n) is 4.72. The Bertz CT molecular complexity index is 320. The lowest BCUT2D eigenvalue weighted by Gasteiger charge is -2.24. The van der Waals surface area contributed by atoms with Crippen molar-refractivity contribution >= 4 is 5.96 Å². The molecule has 0 aromatic heterocycles. The number of aliphatic imine (C=N–C) groups is 1. The number of nitrogens with zero attached hydrogens (tertiary/aromatic N) is 1.